The summed E-state index contributed by atoms with van der Waals surface area (Å²) in [5.74, 6) is 5.76. The summed E-state index contributed by atoms with van der Waals surface area (Å²) in [7, 11) is 0. The van der Waals surface area contributed by atoms with Crippen LogP contribution in [0.2, 0.25) is 5.02 Å². The van der Waals surface area contributed by atoms with Crippen LogP contribution in [-0.2, 0) is 0 Å². The van der Waals surface area contributed by atoms with E-state index in [4.69, 9.17) is 22.6 Å². The van der Waals surface area contributed by atoms with Gasteiger partial charge in [0.15, 0.2) is 0 Å². The zero-order chi connectivity index (χ0) is 10.4. The molecule has 1 rings (SSSR count). The lowest BCUT2D eigenvalue weighted by Crippen LogP contribution is -1.95. The SMILES string of the molecule is N#Cc1cc(Cl)ccc1C#CCCN. The normalized spacial score (nSPS) is 8.64. The Balaban J connectivity index is 3.00. The van der Waals surface area contributed by atoms with Gasteiger partial charge in [-0.2, -0.15) is 5.26 Å². The van der Waals surface area contributed by atoms with Crippen molar-refractivity contribution in [1.29, 1.82) is 5.26 Å². The van der Waals surface area contributed by atoms with Crippen LogP contribution in [0.5, 0.6) is 0 Å². The Labute approximate surface area is 88.3 Å². The topological polar surface area (TPSA) is 49.8 Å². The summed E-state index contributed by atoms with van der Waals surface area (Å²) in [6.07, 6.45) is 0.632. The van der Waals surface area contributed by atoms with Crippen molar-refractivity contribution < 1.29 is 0 Å². The Hall–Kier alpha value is -1.48. The first kappa shape index (κ1) is 10.6. The minimum atomic E-state index is 0.502. The van der Waals surface area contributed by atoms with Gasteiger partial charge in [-0.25, -0.2) is 0 Å². The molecule has 0 atom stereocenters. The van der Waals surface area contributed by atoms with E-state index in [0.29, 0.717) is 29.1 Å². The molecule has 0 saturated heterocycles. The van der Waals surface area contributed by atoms with Crippen LogP contribution in [0.25, 0.3) is 0 Å². The van der Waals surface area contributed by atoms with E-state index < -0.39 is 0 Å². The molecular weight excluding hydrogens is 196 g/mol. The van der Waals surface area contributed by atoms with E-state index >= 15 is 0 Å². The predicted molar refractivity (Wildman–Crippen MR) is 56.7 cm³/mol. The summed E-state index contributed by atoms with van der Waals surface area (Å²) in [6, 6.07) is 7.11. The van der Waals surface area contributed by atoms with Gasteiger partial charge in [0.1, 0.15) is 6.07 Å². The van der Waals surface area contributed by atoms with Gasteiger partial charge in [-0.1, -0.05) is 23.4 Å². The van der Waals surface area contributed by atoms with Crippen molar-refractivity contribution in [1.82, 2.24) is 0 Å². The lowest BCUT2D eigenvalue weighted by Gasteiger charge is -1.95. The highest BCUT2D eigenvalue weighted by molar-refractivity contribution is 6.30. The van der Waals surface area contributed by atoms with Crippen LogP contribution in [0.15, 0.2) is 18.2 Å². The quantitative estimate of drug-likeness (QED) is 0.711. The molecule has 0 heterocycles. The third-order valence-electron chi connectivity index (χ3n) is 1.59. The zero-order valence-corrected chi connectivity index (χ0v) is 8.30. The van der Waals surface area contributed by atoms with Crippen LogP contribution in [0, 0.1) is 23.2 Å². The third kappa shape index (κ3) is 2.78. The number of nitrogens with zero attached hydrogens (tertiary/aromatic N) is 1. The molecule has 0 aliphatic heterocycles. The molecule has 2 N–H and O–H groups in total. The van der Waals surface area contributed by atoms with Crippen LogP contribution >= 0.6 is 11.6 Å². The predicted octanol–water partition coefficient (Wildman–Crippen LogP) is 1.91. The zero-order valence-electron chi connectivity index (χ0n) is 7.55. The first-order valence-electron chi connectivity index (χ1n) is 4.16. The fourth-order valence-electron chi connectivity index (χ4n) is 0.948. The summed E-state index contributed by atoms with van der Waals surface area (Å²) in [4.78, 5) is 0. The Morgan fingerprint density at radius 2 is 2.14 bits per heavy atom. The molecular formula is C11H9ClN2. The van der Waals surface area contributed by atoms with Crippen molar-refractivity contribution in [2.75, 3.05) is 6.54 Å². The molecule has 0 amide bonds. The number of benzene rings is 1. The minimum Gasteiger partial charge on any atom is -0.330 e. The van der Waals surface area contributed by atoms with Crippen LogP contribution < -0.4 is 5.73 Å². The first-order chi connectivity index (χ1) is 6.77. The summed E-state index contributed by atoms with van der Waals surface area (Å²) >= 11 is 5.74. The first-order valence-corrected chi connectivity index (χ1v) is 4.54. The average molecular weight is 205 g/mol. The number of hydrogen-bond acceptors (Lipinski definition) is 2. The summed E-state index contributed by atoms with van der Waals surface area (Å²) in [6.45, 7) is 0.530. The van der Waals surface area contributed by atoms with Gasteiger partial charge in [-0.05, 0) is 18.2 Å². The maximum Gasteiger partial charge on any atom is 0.100 e. The van der Waals surface area contributed by atoms with Crippen molar-refractivity contribution in [3.63, 3.8) is 0 Å². The van der Waals surface area contributed by atoms with Crippen LogP contribution in [0.3, 0.4) is 0 Å². The molecule has 0 aliphatic rings. The Morgan fingerprint density at radius 3 is 2.79 bits per heavy atom. The standard InChI is InChI=1S/C11H9ClN2/c12-11-5-4-9(3-1-2-6-13)10(7-11)8-14/h4-5,7H,2,6,13H2. The third-order valence-corrected chi connectivity index (χ3v) is 1.83. The fourth-order valence-corrected chi connectivity index (χ4v) is 1.12. The highest BCUT2D eigenvalue weighted by Gasteiger charge is 1.98. The lowest BCUT2D eigenvalue weighted by atomic mass is 10.1. The van der Waals surface area contributed by atoms with Gasteiger partial charge in [-0.3, -0.25) is 0 Å². The molecule has 1 aromatic rings. The van der Waals surface area contributed by atoms with Crippen LogP contribution in [0.4, 0.5) is 0 Å². The molecule has 0 radical (unpaired) electrons. The second kappa shape index (κ2) is 5.29. The maximum absolute atomic E-state index is 8.80. The number of halogens is 1. The summed E-state index contributed by atoms with van der Waals surface area (Å²) < 4.78 is 0. The highest BCUT2D eigenvalue weighted by Crippen LogP contribution is 2.14. The minimum absolute atomic E-state index is 0.502. The highest BCUT2D eigenvalue weighted by atomic mass is 35.5. The van der Waals surface area contributed by atoms with E-state index in [1.54, 1.807) is 18.2 Å². The van der Waals surface area contributed by atoms with Crippen molar-refractivity contribution in [3.8, 4) is 17.9 Å². The molecule has 0 spiro atoms. The monoisotopic (exact) mass is 204 g/mol. The summed E-state index contributed by atoms with van der Waals surface area (Å²) in [5.41, 5.74) is 6.50. The Kier molecular flexibility index (Phi) is 4.01. The van der Waals surface area contributed by atoms with Gasteiger partial charge in [-0.15, -0.1) is 0 Å². The smallest absolute Gasteiger partial charge is 0.100 e. The van der Waals surface area contributed by atoms with Crippen molar-refractivity contribution >= 4 is 11.6 Å². The van der Waals surface area contributed by atoms with Gasteiger partial charge in [0.2, 0.25) is 0 Å². The molecule has 0 fully saturated rings. The number of hydrogen-bond donors (Lipinski definition) is 1. The van der Waals surface area contributed by atoms with Gasteiger partial charge >= 0.3 is 0 Å². The van der Waals surface area contributed by atoms with Gasteiger partial charge in [0, 0.05) is 23.6 Å². The van der Waals surface area contributed by atoms with E-state index in [9.17, 15) is 0 Å². The van der Waals surface area contributed by atoms with Gasteiger partial charge in [0.05, 0.1) is 5.56 Å². The molecule has 0 aromatic heterocycles. The van der Waals surface area contributed by atoms with Crippen molar-refractivity contribution in [3.05, 3.63) is 34.3 Å². The van der Waals surface area contributed by atoms with Gasteiger partial charge in [0.25, 0.3) is 0 Å². The van der Waals surface area contributed by atoms with Crippen LogP contribution in [-0.4, -0.2) is 6.54 Å². The molecule has 0 saturated carbocycles. The van der Waals surface area contributed by atoms with E-state index in [1.165, 1.54) is 0 Å². The van der Waals surface area contributed by atoms with Crippen molar-refractivity contribution in [2.45, 2.75) is 6.42 Å². The molecule has 70 valence electrons. The largest absolute Gasteiger partial charge is 0.330 e. The number of nitrogens with two attached hydrogens (primary N) is 1. The molecule has 14 heavy (non-hydrogen) atoms. The second-order valence-electron chi connectivity index (χ2n) is 2.64. The van der Waals surface area contributed by atoms with Crippen molar-refractivity contribution in [2.24, 2.45) is 5.73 Å². The summed E-state index contributed by atoms with van der Waals surface area (Å²) in [5, 5.41) is 9.35. The molecule has 3 heteroatoms. The average Bonchev–Trinajstić information content (AvgIpc) is 2.20. The molecule has 0 aliphatic carbocycles. The van der Waals surface area contributed by atoms with E-state index in [1.807, 2.05) is 6.07 Å². The number of rotatable bonds is 1. The fraction of sp³-hybridized carbons (Fsp3) is 0.182. The van der Waals surface area contributed by atoms with Crippen LogP contribution in [0.1, 0.15) is 17.5 Å². The van der Waals surface area contributed by atoms with E-state index in [2.05, 4.69) is 11.8 Å². The second-order valence-corrected chi connectivity index (χ2v) is 3.08. The van der Waals surface area contributed by atoms with Gasteiger partial charge < -0.3 is 5.73 Å². The molecule has 1 aromatic carbocycles. The van der Waals surface area contributed by atoms with E-state index in [0.717, 1.165) is 0 Å². The Bertz CT molecular complexity index is 421. The number of nitriles is 1. The maximum atomic E-state index is 8.80. The Morgan fingerprint density at radius 1 is 1.36 bits per heavy atom. The lowest BCUT2D eigenvalue weighted by molar-refractivity contribution is 1.03. The van der Waals surface area contributed by atoms with E-state index in [-0.39, 0.29) is 0 Å². The molecule has 2 nitrogen and oxygen atoms in total. The molecule has 0 bridgehead atoms. The molecule has 0 unspecified atom stereocenters.